The predicted molar refractivity (Wildman–Crippen MR) is 79.4 cm³/mol. The highest BCUT2D eigenvalue weighted by atomic mass is 35.5. The molecule has 1 rings (SSSR count). The summed E-state index contributed by atoms with van der Waals surface area (Å²) in [5.74, 6) is -0.775. The Morgan fingerprint density at radius 3 is 2.86 bits per heavy atom. The highest BCUT2D eigenvalue weighted by molar-refractivity contribution is 6.30. The second-order valence-corrected chi connectivity index (χ2v) is 4.74. The van der Waals surface area contributed by atoms with E-state index in [1.165, 1.54) is 19.2 Å². The van der Waals surface area contributed by atoms with Crippen LogP contribution in [-0.4, -0.2) is 31.2 Å². The molecular weight excluding hydrogens is 299 g/mol. The predicted octanol–water partition coefficient (Wildman–Crippen LogP) is 2.70. The molecule has 0 aliphatic heterocycles. The van der Waals surface area contributed by atoms with Crippen molar-refractivity contribution in [1.29, 1.82) is 0 Å². The molecule has 0 unspecified atom stereocenters. The minimum absolute atomic E-state index is 0.00950. The van der Waals surface area contributed by atoms with Crippen LogP contribution in [0.15, 0.2) is 30.0 Å². The van der Waals surface area contributed by atoms with Crippen molar-refractivity contribution in [2.45, 2.75) is 13.3 Å². The van der Waals surface area contributed by atoms with E-state index in [9.17, 15) is 14.4 Å². The van der Waals surface area contributed by atoms with Crippen LogP contribution in [-0.2, 0) is 4.79 Å². The first-order valence-corrected chi connectivity index (χ1v) is 6.71. The zero-order valence-corrected chi connectivity index (χ0v) is 12.6. The summed E-state index contributed by atoms with van der Waals surface area (Å²) in [6, 6.07) is 3.94. The number of amides is 1. The molecule has 0 spiro atoms. The van der Waals surface area contributed by atoms with Crippen molar-refractivity contribution in [2.24, 2.45) is 0 Å². The van der Waals surface area contributed by atoms with Gasteiger partial charge in [-0.1, -0.05) is 17.7 Å². The van der Waals surface area contributed by atoms with Gasteiger partial charge in [0.05, 0.1) is 5.02 Å². The van der Waals surface area contributed by atoms with Crippen molar-refractivity contribution >= 4 is 17.5 Å². The van der Waals surface area contributed by atoms with Crippen molar-refractivity contribution in [2.75, 3.05) is 20.2 Å². The van der Waals surface area contributed by atoms with Crippen LogP contribution in [0, 0.1) is 11.0 Å². The van der Waals surface area contributed by atoms with Crippen LogP contribution in [0.5, 0.6) is 5.75 Å². The van der Waals surface area contributed by atoms with Gasteiger partial charge in [-0.15, -0.1) is 0 Å². The Balaban J connectivity index is 2.44. The Labute approximate surface area is 127 Å². The number of nitrogens with one attached hydrogen (secondary N) is 1. The fraction of sp³-hybridized carbons (Fsp3) is 0.357. The molecule has 1 N–H and O–H groups in total. The Hall–Kier alpha value is -1.63. The number of benzene rings is 1. The third-order valence-corrected chi connectivity index (χ3v) is 2.91. The van der Waals surface area contributed by atoms with Gasteiger partial charge in [0.2, 0.25) is 0 Å². The molecule has 1 aromatic rings. The number of rotatable bonds is 7. The summed E-state index contributed by atoms with van der Waals surface area (Å²) in [5.41, 5.74) is 0.633. The minimum Gasteiger partial charge on any atom is -0.785 e. The summed E-state index contributed by atoms with van der Waals surface area (Å²) < 4.78 is 18.4. The van der Waals surface area contributed by atoms with E-state index in [2.05, 4.69) is 5.32 Å². The van der Waals surface area contributed by atoms with Crippen molar-refractivity contribution in [1.82, 2.24) is 10.4 Å². The molecule has 7 heteroatoms. The summed E-state index contributed by atoms with van der Waals surface area (Å²) in [6.07, 6.45) is 2.14. The van der Waals surface area contributed by atoms with E-state index in [-0.39, 0.29) is 29.8 Å². The molecule has 0 atom stereocenters. The molecule has 0 fully saturated rings. The lowest BCUT2D eigenvalue weighted by atomic mass is 10.3. The molecule has 0 saturated carbocycles. The molecule has 116 valence electrons. The summed E-state index contributed by atoms with van der Waals surface area (Å²) in [7, 11) is 1.41. The fourth-order valence-electron chi connectivity index (χ4n) is 1.49. The third kappa shape index (κ3) is 6.57. The number of carbonyl (C=O) groups excluding carboxylic acids is 1. The van der Waals surface area contributed by atoms with Crippen molar-refractivity contribution in [3.05, 3.63) is 46.0 Å². The molecule has 0 heterocycles. The van der Waals surface area contributed by atoms with Gasteiger partial charge < -0.3 is 20.3 Å². The van der Waals surface area contributed by atoms with Crippen LogP contribution in [0.1, 0.15) is 13.3 Å². The lowest BCUT2D eigenvalue weighted by Gasteiger charge is -2.22. The average Bonchev–Trinajstić information content (AvgIpc) is 2.44. The molecule has 21 heavy (non-hydrogen) atoms. The zero-order chi connectivity index (χ0) is 15.8. The largest absolute Gasteiger partial charge is 0.785 e. The molecule has 0 bridgehead atoms. The summed E-state index contributed by atoms with van der Waals surface area (Å²) in [6.45, 7) is 1.78. The van der Waals surface area contributed by atoms with Crippen molar-refractivity contribution in [3.63, 3.8) is 0 Å². The smallest absolute Gasteiger partial charge is 0.262 e. The molecule has 0 aromatic heterocycles. The van der Waals surface area contributed by atoms with Crippen LogP contribution in [0.3, 0.4) is 0 Å². The quantitative estimate of drug-likeness (QED) is 0.786. The highest BCUT2D eigenvalue weighted by Crippen LogP contribution is 2.20. The van der Waals surface area contributed by atoms with Gasteiger partial charge in [0, 0.05) is 11.8 Å². The van der Waals surface area contributed by atoms with E-state index in [4.69, 9.17) is 16.3 Å². The minimum atomic E-state index is -0.609. The Morgan fingerprint density at radius 2 is 2.29 bits per heavy atom. The van der Waals surface area contributed by atoms with Crippen LogP contribution >= 0.6 is 11.6 Å². The molecule has 0 aliphatic carbocycles. The zero-order valence-electron chi connectivity index (χ0n) is 11.9. The topological polar surface area (TPSA) is 64.6 Å². The van der Waals surface area contributed by atoms with E-state index in [0.29, 0.717) is 12.1 Å². The Morgan fingerprint density at radius 1 is 1.57 bits per heavy atom. The molecular formula is C14H17ClFN2O3-. The van der Waals surface area contributed by atoms with Gasteiger partial charge in [-0.25, -0.2) is 4.39 Å². The standard InChI is InChI=1S/C14H17ClFN2O3/c1-3-10(6-7-18(2)20)17-14(19)9-21-11-4-5-12(15)13(16)8-11/h3-5,8H,6-7,9H2,1-2H3,(H,17,19)/q-1/b10-3+. The van der Waals surface area contributed by atoms with Gasteiger partial charge in [-0.2, -0.15) is 0 Å². The number of allylic oxidation sites excluding steroid dienone is 1. The maximum Gasteiger partial charge on any atom is 0.262 e. The summed E-state index contributed by atoms with van der Waals surface area (Å²) >= 11 is 5.54. The lowest BCUT2D eigenvalue weighted by molar-refractivity contribution is -0.122. The van der Waals surface area contributed by atoms with Gasteiger partial charge in [-0.05, 0) is 39.1 Å². The average molecular weight is 316 g/mol. The lowest BCUT2D eigenvalue weighted by Crippen LogP contribution is -2.29. The second kappa shape index (κ2) is 8.61. The van der Waals surface area contributed by atoms with E-state index in [0.717, 1.165) is 11.1 Å². The van der Waals surface area contributed by atoms with Gasteiger partial charge in [0.1, 0.15) is 11.6 Å². The molecule has 5 nitrogen and oxygen atoms in total. The van der Waals surface area contributed by atoms with Gasteiger partial charge in [-0.3, -0.25) is 4.79 Å². The maximum absolute atomic E-state index is 13.2. The van der Waals surface area contributed by atoms with Gasteiger partial charge in [0.15, 0.2) is 6.61 Å². The van der Waals surface area contributed by atoms with E-state index in [1.807, 2.05) is 0 Å². The maximum atomic E-state index is 13.2. The number of hydrogen-bond acceptors (Lipinski definition) is 4. The Bertz CT molecular complexity index is 521. The Kier molecular flexibility index (Phi) is 7.14. The monoisotopic (exact) mass is 315 g/mol. The number of hydrogen-bond donors (Lipinski definition) is 1. The van der Waals surface area contributed by atoms with Crippen LogP contribution in [0.2, 0.25) is 5.02 Å². The molecule has 1 aromatic carbocycles. The van der Waals surface area contributed by atoms with E-state index in [1.54, 1.807) is 13.0 Å². The number of carbonyl (C=O) groups is 1. The first-order valence-electron chi connectivity index (χ1n) is 6.33. The van der Waals surface area contributed by atoms with Crippen LogP contribution < -0.4 is 10.1 Å². The van der Waals surface area contributed by atoms with Crippen LogP contribution in [0.25, 0.3) is 0 Å². The molecule has 0 saturated heterocycles. The SMILES string of the molecule is C/C=C(\CCN(C)[O-])NC(=O)COc1ccc(Cl)c(F)c1. The fourth-order valence-corrected chi connectivity index (χ4v) is 1.61. The molecule has 1 amide bonds. The van der Waals surface area contributed by atoms with E-state index < -0.39 is 5.82 Å². The number of halogens is 2. The van der Waals surface area contributed by atoms with E-state index >= 15 is 0 Å². The van der Waals surface area contributed by atoms with Crippen LogP contribution in [0.4, 0.5) is 4.39 Å². The molecule has 0 aliphatic rings. The summed E-state index contributed by atoms with van der Waals surface area (Å²) in [4.78, 5) is 11.7. The molecule has 0 radical (unpaired) electrons. The number of ether oxygens (including phenoxy) is 1. The van der Waals surface area contributed by atoms with Crippen molar-refractivity contribution in [3.8, 4) is 5.75 Å². The van der Waals surface area contributed by atoms with Gasteiger partial charge >= 0.3 is 0 Å². The first kappa shape index (κ1) is 17.4. The second-order valence-electron chi connectivity index (χ2n) is 4.33. The van der Waals surface area contributed by atoms with Crippen molar-refractivity contribution < 1.29 is 13.9 Å². The first-order chi connectivity index (χ1) is 9.92. The normalized spacial score (nSPS) is 11.6. The summed E-state index contributed by atoms with van der Waals surface area (Å²) in [5, 5.41) is 14.2. The van der Waals surface area contributed by atoms with Gasteiger partial charge in [0.25, 0.3) is 5.91 Å². The number of hydroxylamine groups is 2. The number of nitrogens with zero attached hydrogens (tertiary/aromatic N) is 1. The third-order valence-electron chi connectivity index (χ3n) is 2.61. The highest BCUT2D eigenvalue weighted by Gasteiger charge is 2.07.